The fourth-order valence-electron chi connectivity index (χ4n) is 4.12. The number of phenolic OH excluding ortho intramolecular Hbond substituents is 1. The number of hydrogen-bond donors (Lipinski definition) is 3. The van der Waals surface area contributed by atoms with Crippen LogP contribution in [0.25, 0.3) is 0 Å². The number of unbranched alkanes of at least 4 members (excludes halogenated alkanes) is 1. The van der Waals surface area contributed by atoms with E-state index in [0.29, 0.717) is 12.0 Å². The Morgan fingerprint density at radius 1 is 0.905 bits per heavy atom. The zero-order valence-electron chi connectivity index (χ0n) is 25.7. The maximum absolute atomic E-state index is 14.1. The van der Waals surface area contributed by atoms with Crippen molar-refractivity contribution in [1.29, 1.82) is 0 Å². The first-order valence-corrected chi connectivity index (χ1v) is 14.2. The van der Waals surface area contributed by atoms with Crippen LogP contribution in [-0.4, -0.2) is 64.2 Å². The van der Waals surface area contributed by atoms with E-state index in [1.165, 1.54) is 17.0 Å². The third-order valence-corrected chi connectivity index (χ3v) is 5.89. The Hall–Kier alpha value is -4.08. The van der Waals surface area contributed by atoms with E-state index in [1.54, 1.807) is 53.7 Å². The van der Waals surface area contributed by atoms with Crippen LogP contribution >= 0.6 is 0 Å². The van der Waals surface area contributed by atoms with E-state index < -0.39 is 53.7 Å². The highest BCUT2D eigenvalue weighted by Crippen LogP contribution is 2.26. The van der Waals surface area contributed by atoms with Gasteiger partial charge in [0, 0.05) is 13.0 Å². The number of ether oxygens (including phenoxy) is 2. The van der Waals surface area contributed by atoms with Crippen molar-refractivity contribution in [1.82, 2.24) is 15.5 Å². The topological polar surface area (TPSA) is 134 Å². The number of esters is 1. The standard InChI is InChI=1S/C32H45N3O7/c1-8-9-18-35(26(37)21-33-30(40)42-32(5,6)7)27(23-16-13-17-24(36)20-23)28(38)34-25(29(39)41-31(2,3)4)19-22-14-11-10-12-15-22/h10-17,20,25,27,36H,8-9,18-19,21H2,1-7H3,(H,33,40)(H,34,38). The van der Waals surface area contributed by atoms with Crippen molar-refractivity contribution in [2.24, 2.45) is 0 Å². The number of nitrogens with one attached hydrogen (secondary N) is 2. The van der Waals surface area contributed by atoms with Gasteiger partial charge in [-0.2, -0.15) is 0 Å². The molecule has 0 fully saturated rings. The van der Waals surface area contributed by atoms with Crippen LogP contribution < -0.4 is 10.6 Å². The molecule has 2 aromatic rings. The summed E-state index contributed by atoms with van der Waals surface area (Å²) >= 11 is 0. The SMILES string of the molecule is CCCCN(C(=O)CNC(=O)OC(C)(C)C)C(C(=O)NC(Cc1ccccc1)C(=O)OC(C)(C)C)c1cccc(O)c1. The summed E-state index contributed by atoms with van der Waals surface area (Å²) in [6.45, 7) is 12.1. The summed E-state index contributed by atoms with van der Waals surface area (Å²) in [7, 11) is 0. The molecule has 2 rings (SSSR count). The van der Waals surface area contributed by atoms with Crippen LogP contribution in [0.4, 0.5) is 4.79 Å². The van der Waals surface area contributed by atoms with Crippen molar-refractivity contribution < 1.29 is 33.8 Å². The molecule has 0 aliphatic rings. The second kappa shape index (κ2) is 15.2. The lowest BCUT2D eigenvalue weighted by Gasteiger charge is -2.33. The number of carbonyl (C=O) groups excluding carboxylic acids is 4. The van der Waals surface area contributed by atoms with Crippen molar-refractivity contribution in [2.75, 3.05) is 13.1 Å². The van der Waals surface area contributed by atoms with E-state index in [2.05, 4.69) is 10.6 Å². The van der Waals surface area contributed by atoms with Gasteiger partial charge in [-0.15, -0.1) is 0 Å². The molecule has 0 saturated carbocycles. The van der Waals surface area contributed by atoms with Gasteiger partial charge in [0.1, 0.15) is 35.6 Å². The monoisotopic (exact) mass is 583 g/mol. The van der Waals surface area contributed by atoms with Crippen LogP contribution in [0, 0.1) is 0 Å². The Morgan fingerprint density at radius 2 is 1.55 bits per heavy atom. The molecular formula is C32H45N3O7. The first-order chi connectivity index (χ1) is 19.6. The van der Waals surface area contributed by atoms with Gasteiger partial charge in [-0.05, 0) is 71.2 Å². The average molecular weight is 584 g/mol. The zero-order valence-corrected chi connectivity index (χ0v) is 25.7. The first-order valence-electron chi connectivity index (χ1n) is 14.2. The molecule has 0 heterocycles. The summed E-state index contributed by atoms with van der Waals surface area (Å²) < 4.78 is 10.9. The number of carbonyl (C=O) groups is 4. The maximum atomic E-state index is 14.1. The van der Waals surface area contributed by atoms with Crippen molar-refractivity contribution in [3.05, 3.63) is 65.7 Å². The van der Waals surface area contributed by atoms with Crippen molar-refractivity contribution in [3.8, 4) is 5.75 Å². The molecule has 10 heteroatoms. The van der Waals surface area contributed by atoms with E-state index >= 15 is 0 Å². The highest BCUT2D eigenvalue weighted by Gasteiger charge is 2.35. The number of rotatable bonds is 12. The lowest BCUT2D eigenvalue weighted by Crippen LogP contribution is -2.52. The molecule has 2 atom stereocenters. The lowest BCUT2D eigenvalue weighted by molar-refractivity contribution is -0.159. The highest BCUT2D eigenvalue weighted by atomic mass is 16.6. The molecule has 2 unspecified atom stereocenters. The molecule has 0 spiro atoms. The van der Waals surface area contributed by atoms with E-state index in [-0.39, 0.29) is 18.7 Å². The van der Waals surface area contributed by atoms with Crippen LogP contribution in [0.2, 0.25) is 0 Å². The van der Waals surface area contributed by atoms with E-state index in [0.717, 1.165) is 12.0 Å². The molecule has 42 heavy (non-hydrogen) atoms. The van der Waals surface area contributed by atoms with Gasteiger partial charge in [0.05, 0.1) is 0 Å². The predicted molar refractivity (Wildman–Crippen MR) is 160 cm³/mol. The number of amides is 3. The summed E-state index contributed by atoms with van der Waals surface area (Å²) in [6, 6.07) is 13.0. The van der Waals surface area contributed by atoms with Crippen molar-refractivity contribution in [3.63, 3.8) is 0 Å². The van der Waals surface area contributed by atoms with E-state index in [1.807, 2.05) is 37.3 Å². The summed E-state index contributed by atoms with van der Waals surface area (Å²) in [5.41, 5.74) is -0.397. The third-order valence-electron chi connectivity index (χ3n) is 5.89. The smallest absolute Gasteiger partial charge is 0.408 e. The Morgan fingerprint density at radius 3 is 2.12 bits per heavy atom. The first kappa shape index (κ1) is 34.1. The highest BCUT2D eigenvalue weighted by molar-refractivity contribution is 5.93. The molecular weight excluding hydrogens is 538 g/mol. The Labute approximate surface area is 248 Å². The van der Waals surface area contributed by atoms with E-state index in [9.17, 15) is 24.3 Å². The molecule has 230 valence electrons. The van der Waals surface area contributed by atoms with Crippen LogP contribution in [0.5, 0.6) is 5.75 Å². The molecule has 0 bridgehead atoms. The molecule has 2 aromatic carbocycles. The van der Waals surface area contributed by atoms with Gasteiger partial charge in [-0.3, -0.25) is 9.59 Å². The van der Waals surface area contributed by atoms with E-state index in [4.69, 9.17) is 9.47 Å². The molecule has 0 aromatic heterocycles. The molecule has 3 N–H and O–H groups in total. The predicted octanol–water partition coefficient (Wildman–Crippen LogP) is 4.66. The van der Waals surface area contributed by atoms with Crippen LogP contribution in [0.15, 0.2) is 54.6 Å². The van der Waals surface area contributed by atoms with Crippen LogP contribution in [0.3, 0.4) is 0 Å². The molecule has 10 nitrogen and oxygen atoms in total. The minimum atomic E-state index is -1.21. The summed E-state index contributed by atoms with van der Waals surface area (Å²) in [5.74, 6) is -1.87. The zero-order chi connectivity index (χ0) is 31.5. The normalized spacial score (nSPS) is 12.9. The third kappa shape index (κ3) is 11.8. The van der Waals surface area contributed by atoms with Gasteiger partial charge >= 0.3 is 12.1 Å². The minimum absolute atomic E-state index is 0.0898. The molecule has 0 radical (unpaired) electrons. The quantitative estimate of drug-likeness (QED) is 0.310. The Balaban J connectivity index is 2.45. The van der Waals surface area contributed by atoms with Gasteiger partial charge in [0.15, 0.2) is 0 Å². The Bertz CT molecular complexity index is 1200. The van der Waals surface area contributed by atoms with Crippen molar-refractivity contribution >= 4 is 23.9 Å². The summed E-state index contributed by atoms with van der Waals surface area (Å²) in [5, 5.41) is 15.5. The minimum Gasteiger partial charge on any atom is -0.508 e. The number of aromatic hydroxyl groups is 1. The van der Waals surface area contributed by atoms with Crippen molar-refractivity contribution in [2.45, 2.75) is 91.0 Å². The number of benzene rings is 2. The molecule has 0 aliphatic carbocycles. The second-order valence-corrected chi connectivity index (χ2v) is 12.1. The number of alkyl carbamates (subject to hydrolysis) is 1. The fraction of sp³-hybridized carbons (Fsp3) is 0.500. The van der Waals surface area contributed by atoms with Gasteiger partial charge in [0.2, 0.25) is 11.8 Å². The van der Waals surface area contributed by atoms with Gasteiger partial charge in [-0.1, -0.05) is 55.8 Å². The largest absolute Gasteiger partial charge is 0.508 e. The Kier molecular flexibility index (Phi) is 12.4. The molecule has 0 saturated heterocycles. The van der Waals surface area contributed by atoms with Gasteiger partial charge in [-0.25, -0.2) is 9.59 Å². The molecule has 3 amide bonds. The maximum Gasteiger partial charge on any atom is 0.408 e. The number of hydrogen-bond acceptors (Lipinski definition) is 7. The fourth-order valence-corrected chi connectivity index (χ4v) is 4.12. The van der Waals surface area contributed by atoms with Gasteiger partial charge in [0.25, 0.3) is 0 Å². The summed E-state index contributed by atoms with van der Waals surface area (Å²) in [6.07, 6.45) is 0.696. The second-order valence-electron chi connectivity index (χ2n) is 12.1. The van der Waals surface area contributed by atoms with Gasteiger partial charge < -0.3 is 30.1 Å². The average Bonchev–Trinajstić information content (AvgIpc) is 2.87. The molecule has 0 aliphatic heterocycles. The lowest BCUT2D eigenvalue weighted by atomic mass is 10.0. The number of phenols is 1. The number of nitrogens with zero attached hydrogens (tertiary/aromatic N) is 1. The van der Waals surface area contributed by atoms with Crippen LogP contribution in [-0.2, 0) is 30.3 Å². The van der Waals surface area contributed by atoms with Crippen LogP contribution in [0.1, 0.15) is 78.5 Å². The summed E-state index contributed by atoms with van der Waals surface area (Å²) in [4.78, 5) is 54.5.